The molecule has 0 saturated carbocycles. The Balaban J connectivity index is 2.18. The van der Waals surface area contributed by atoms with Gasteiger partial charge in [0.1, 0.15) is 5.82 Å². The Morgan fingerprint density at radius 3 is 2.78 bits per heavy atom. The molecule has 0 aliphatic rings. The molecule has 0 bridgehead atoms. The van der Waals surface area contributed by atoms with Gasteiger partial charge in [0.25, 0.3) is 0 Å². The van der Waals surface area contributed by atoms with Gasteiger partial charge in [-0.05, 0) is 32.8 Å². The molecule has 1 atom stereocenters. The molecule has 0 aliphatic carbocycles. The SMILES string of the molecule is Cc1ccc(-c2cnc(CCC(C)N)[nH]2)c(C)c1. The molecule has 0 aliphatic heterocycles. The van der Waals surface area contributed by atoms with Crippen LogP contribution in [0, 0.1) is 13.8 Å². The summed E-state index contributed by atoms with van der Waals surface area (Å²) in [4.78, 5) is 7.80. The fourth-order valence-electron chi connectivity index (χ4n) is 2.11. The number of benzene rings is 1. The number of aromatic nitrogens is 2. The molecule has 0 saturated heterocycles. The van der Waals surface area contributed by atoms with Gasteiger partial charge in [0.05, 0.1) is 11.9 Å². The van der Waals surface area contributed by atoms with Crippen LogP contribution in [0.1, 0.15) is 30.3 Å². The molecule has 3 heteroatoms. The van der Waals surface area contributed by atoms with Gasteiger partial charge in [-0.25, -0.2) is 4.98 Å². The average molecular weight is 243 g/mol. The number of hydrogen-bond donors (Lipinski definition) is 2. The Bertz CT molecular complexity index is 526. The van der Waals surface area contributed by atoms with Crippen LogP contribution in [0.4, 0.5) is 0 Å². The fourth-order valence-corrected chi connectivity index (χ4v) is 2.11. The van der Waals surface area contributed by atoms with E-state index in [0.29, 0.717) is 0 Å². The van der Waals surface area contributed by atoms with Crippen LogP contribution in [0.5, 0.6) is 0 Å². The van der Waals surface area contributed by atoms with Gasteiger partial charge >= 0.3 is 0 Å². The molecule has 0 fully saturated rings. The molecule has 96 valence electrons. The topological polar surface area (TPSA) is 54.7 Å². The van der Waals surface area contributed by atoms with E-state index in [1.807, 2.05) is 13.1 Å². The van der Waals surface area contributed by atoms with E-state index in [1.54, 1.807) is 0 Å². The number of H-pyrrole nitrogens is 1. The third-order valence-corrected chi connectivity index (χ3v) is 3.14. The van der Waals surface area contributed by atoms with Crippen molar-refractivity contribution >= 4 is 0 Å². The number of rotatable bonds is 4. The summed E-state index contributed by atoms with van der Waals surface area (Å²) in [5, 5.41) is 0. The minimum Gasteiger partial charge on any atom is -0.342 e. The Kier molecular flexibility index (Phi) is 3.82. The number of nitrogens with one attached hydrogen (secondary N) is 1. The maximum atomic E-state index is 5.76. The van der Waals surface area contributed by atoms with E-state index in [9.17, 15) is 0 Å². The minimum atomic E-state index is 0.222. The largest absolute Gasteiger partial charge is 0.342 e. The summed E-state index contributed by atoms with van der Waals surface area (Å²) >= 11 is 0. The molecule has 3 N–H and O–H groups in total. The normalized spacial score (nSPS) is 12.7. The maximum Gasteiger partial charge on any atom is 0.106 e. The number of nitrogens with zero attached hydrogens (tertiary/aromatic N) is 1. The third kappa shape index (κ3) is 2.99. The molecule has 3 nitrogen and oxygen atoms in total. The highest BCUT2D eigenvalue weighted by molar-refractivity contribution is 5.63. The summed E-state index contributed by atoms with van der Waals surface area (Å²) in [6, 6.07) is 6.69. The first kappa shape index (κ1) is 12.8. The van der Waals surface area contributed by atoms with E-state index in [2.05, 4.69) is 42.0 Å². The first-order valence-corrected chi connectivity index (χ1v) is 6.43. The van der Waals surface area contributed by atoms with Crippen LogP contribution < -0.4 is 5.73 Å². The van der Waals surface area contributed by atoms with Gasteiger partial charge in [-0.2, -0.15) is 0 Å². The molecule has 1 aromatic heterocycles. The van der Waals surface area contributed by atoms with Gasteiger partial charge in [0.15, 0.2) is 0 Å². The molecule has 1 aromatic carbocycles. The van der Waals surface area contributed by atoms with Gasteiger partial charge in [0, 0.05) is 18.0 Å². The van der Waals surface area contributed by atoms with Gasteiger partial charge in [0.2, 0.25) is 0 Å². The lowest BCUT2D eigenvalue weighted by Gasteiger charge is -2.04. The van der Waals surface area contributed by atoms with E-state index in [4.69, 9.17) is 5.73 Å². The number of nitrogens with two attached hydrogens (primary N) is 1. The second kappa shape index (κ2) is 5.36. The van der Waals surface area contributed by atoms with Gasteiger partial charge < -0.3 is 10.7 Å². The Morgan fingerprint density at radius 2 is 2.11 bits per heavy atom. The fraction of sp³-hybridized carbons (Fsp3) is 0.400. The van der Waals surface area contributed by atoms with Gasteiger partial charge in [-0.3, -0.25) is 0 Å². The third-order valence-electron chi connectivity index (χ3n) is 3.14. The highest BCUT2D eigenvalue weighted by Crippen LogP contribution is 2.22. The standard InChI is InChI=1S/C15H21N3/c1-10-4-6-13(11(2)8-10)14-9-17-15(18-14)7-5-12(3)16/h4,6,8-9,12H,5,7,16H2,1-3H3,(H,17,18). The van der Waals surface area contributed by atoms with Crippen molar-refractivity contribution in [1.29, 1.82) is 0 Å². The van der Waals surface area contributed by atoms with Crippen LogP contribution in [-0.4, -0.2) is 16.0 Å². The first-order chi connectivity index (χ1) is 8.56. The second-order valence-electron chi connectivity index (χ2n) is 5.08. The second-order valence-corrected chi connectivity index (χ2v) is 5.08. The van der Waals surface area contributed by atoms with Crippen molar-refractivity contribution in [2.24, 2.45) is 5.73 Å². The molecule has 2 rings (SSSR count). The minimum absolute atomic E-state index is 0.222. The van der Waals surface area contributed by atoms with E-state index in [0.717, 1.165) is 24.4 Å². The molecule has 0 spiro atoms. The van der Waals surface area contributed by atoms with Gasteiger partial charge in [-0.1, -0.05) is 23.8 Å². The summed E-state index contributed by atoms with van der Waals surface area (Å²) in [5.74, 6) is 1.02. The predicted molar refractivity (Wildman–Crippen MR) is 75.5 cm³/mol. The zero-order chi connectivity index (χ0) is 13.1. The van der Waals surface area contributed by atoms with Crippen molar-refractivity contribution in [2.45, 2.75) is 39.7 Å². The van der Waals surface area contributed by atoms with Crippen LogP contribution in [0.25, 0.3) is 11.3 Å². The number of aromatic amines is 1. The monoisotopic (exact) mass is 243 g/mol. The van der Waals surface area contributed by atoms with E-state index in [1.165, 1.54) is 16.7 Å². The number of hydrogen-bond acceptors (Lipinski definition) is 2. The van der Waals surface area contributed by atoms with Crippen molar-refractivity contribution in [2.75, 3.05) is 0 Å². The zero-order valence-electron chi connectivity index (χ0n) is 11.3. The highest BCUT2D eigenvalue weighted by Gasteiger charge is 2.06. The summed E-state index contributed by atoms with van der Waals surface area (Å²) in [6.07, 6.45) is 3.77. The molecular formula is C15H21N3. The van der Waals surface area contributed by atoms with Crippen LogP contribution in [0.3, 0.4) is 0 Å². The predicted octanol–water partition coefficient (Wildman–Crippen LogP) is 2.97. The smallest absolute Gasteiger partial charge is 0.106 e. The molecule has 2 aromatic rings. The molecule has 18 heavy (non-hydrogen) atoms. The zero-order valence-corrected chi connectivity index (χ0v) is 11.3. The van der Waals surface area contributed by atoms with E-state index < -0.39 is 0 Å². The van der Waals surface area contributed by atoms with Crippen LogP contribution in [0.15, 0.2) is 24.4 Å². The number of aryl methyl sites for hydroxylation is 3. The lowest BCUT2D eigenvalue weighted by atomic mass is 10.0. The van der Waals surface area contributed by atoms with Crippen LogP contribution in [0.2, 0.25) is 0 Å². The first-order valence-electron chi connectivity index (χ1n) is 6.43. The summed E-state index contributed by atoms with van der Waals surface area (Å²) in [6.45, 7) is 6.26. The maximum absolute atomic E-state index is 5.76. The van der Waals surface area contributed by atoms with Crippen LogP contribution in [-0.2, 0) is 6.42 Å². The van der Waals surface area contributed by atoms with Gasteiger partial charge in [-0.15, -0.1) is 0 Å². The molecule has 0 amide bonds. The quantitative estimate of drug-likeness (QED) is 0.867. The molecular weight excluding hydrogens is 222 g/mol. The average Bonchev–Trinajstić information content (AvgIpc) is 2.75. The van der Waals surface area contributed by atoms with Crippen molar-refractivity contribution in [3.05, 3.63) is 41.3 Å². The Labute approximate surface area is 108 Å². The lowest BCUT2D eigenvalue weighted by Crippen LogP contribution is -2.15. The van der Waals surface area contributed by atoms with Crippen molar-refractivity contribution < 1.29 is 0 Å². The summed E-state index contributed by atoms with van der Waals surface area (Å²) in [5.41, 5.74) is 10.6. The molecule has 1 heterocycles. The van der Waals surface area contributed by atoms with Crippen molar-refractivity contribution in [1.82, 2.24) is 9.97 Å². The lowest BCUT2D eigenvalue weighted by molar-refractivity contribution is 0.652. The number of imidazole rings is 1. The summed E-state index contributed by atoms with van der Waals surface area (Å²) < 4.78 is 0. The van der Waals surface area contributed by atoms with E-state index in [-0.39, 0.29) is 6.04 Å². The van der Waals surface area contributed by atoms with E-state index >= 15 is 0 Å². The summed E-state index contributed by atoms with van der Waals surface area (Å²) in [7, 11) is 0. The van der Waals surface area contributed by atoms with Crippen molar-refractivity contribution in [3.63, 3.8) is 0 Å². The Morgan fingerprint density at radius 1 is 1.33 bits per heavy atom. The molecule has 1 unspecified atom stereocenters. The Hall–Kier alpha value is -1.61. The van der Waals surface area contributed by atoms with Crippen molar-refractivity contribution in [3.8, 4) is 11.3 Å². The molecule has 0 radical (unpaired) electrons. The highest BCUT2D eigenvalue weighted by atomic mass is 14.9. The van der Waals surface area contributed by atoms with Crippen LogP contribution >= 0.6 is 0 Å².